The van der Waals surface area contributed by atoms with Gasteiger partial charge in [-0.3, -0.25) is 4.79 Å². The minimum Gasteiger partial charge on any atom is -0.449 e. The van der Waals surface area contributed by atoms with Gasteiger partial charge in [0.15, 0.2) is 23.0 Å². The predicted molar refractivity (Wildman–Crippen MR) is 101 cm³/mol. The highest BCUT2D eigenvalue weighted by Crippen LogP contribution is 2.50. The Morgan fingerprint density at radius 3 is 2.23 bits per heavy atom. The van der Waals surface area contributed by atoms with Crippen molar-refractivity contribution in [3.63, 3.8) is 0 Å². The number of benzene rings is 3. The first-order valence-corrected chi connectivity index (χ1v) is 8.49. The van der Waals surface area contributed by atoms with E-state index in [0.717, 1.165) is 16.3 Å². The third-order valence-corrected chi connectivity index (χ3v) is 4.65. The quantitative estimate of drug-likeness (QED) is 0.600. The molecule has 3 aromatic carbocycles. The van der Waals surface area contributed by atoms with Gasteiger partial charge in [0.25, 0.3) is 0 Å². The maximum atomic E-state index is 11.6. The molecule has 0 fully saturated rings. The van der Waals surface area contributed by atoms with E-state index in [-0.39, 0.29) is 18.4 Å². The molecule has 0 saturated carbocycles. The number of nitrogens with two attached hydrogens (primary N) is 1. The molecular formula is C21H20N2O3. The van der Waals surface area contributed by atoms with Gasteiger partial charge in [-0.2, -0.15) is 0 Å². The Kier molecular flexibility index (Phi) is 4.01. The first kappa shape index (κ1) is 16.4. The molecule has 1 aliphatic heterocycles. The van der Waals surface area contributed by atoms with Crippen LogP contribution in [-0.4, -0.2) is 24.9 Å². The average Bonchev–Trinajstić information content (AvgIpc) is 2.64. The Morgan fingerprint density at radius 2 is 1.58 bits per heavy atom. The molecule has 0 bridgehead atoms. The van der Waals surface area contributed by atoms with Crippen LogP contribution in [0.1, 0.15) is 18.0 Å². The van der Waals surface area contributed by atoms with Gasteiger partial charge in [0, 0.05) is 17.8 Å². The summed E-state index contributed by atoms with van der Waals surface area (Å²) in [6.07, 6.45) is 0.229. The third kappa shape index (κ3) is 2.76. The number of amides is 1. The lowest BCUT2D eigenvalue weighted by atomic mass is 9.94. The molecule has 5 heteroatoms. The fourth-order valence-corrected chi connectivity index (χ4v) is 3.42. The van der Waals surface area contributed by atoms with E-state index in [0.29, 0.717) is 23.0 Å². The normalized spacial score (nSPS) is 13.5. The van der Waals surface area contributed by atoms with Crippen LogP contribution in [0.15, 0.2) is 54.6 Å². The van der Waals surface area contributed by atoms with E-state index in [1.807, 2.05) is 73.6 Å². The van der Waals surface area contributed by atoms with Gasteiger partial charge >= 0.3 is 0 Å². The molecule has 132 valence electrons. The van der Waals surface area contributed by atoms with Crippen LogP contribution in [0.4, 0.5) is 0 Å². The second-order valence-electron chi connectivity index (χ2n) is 6.64. The second kappa shape index (κ2) is 6.35. The first-order chi connectivity index (χ1) is 12.5. The van der Waals surface area contributed by atoms with E-state index in [1.165, 1.54) is 0 Å². The summed E-state index contributed by atoms with van der Waals surface area (Å²) in [5.41, 5.74) is 6.48. The Hall–Kier alpha value is -3.05. The third-order valence-electron chi connectivity index (χ3n) is 4.65. The van der Waals surface area contributed by atoms with Gasteiger partial charge in [0.2, 0.25) is 5.91 Å². The molecule has 5 nitrogen and oxygen atoms in total. The number of primary amides is 1. The van der Waals surface area contributed by atoms with E-state index in [2.05, 4.69) is 0 Å². The zero-order valence-corrected chi connectivity index (χ0v) is 14.7. The number of hydrogen-bond donors (Lipinski definition) is 1. The second-order valence-corrected chi connectivity index (χ2v) is 6.64. The maximum Gasteiger partial charge on any atom is 0.219 e. The molecule has 0 aliphatic carbocycles. The number of carbonyl (C=O) groups excluding carboxylic acids is 1. The van der Waals surface area contributed by atoms with Crippen molar-refractivity contribution >= 4 is 16.7 Å². The minimum atomic E-state index is -0.340. The number of carbonyl (C=O) groups is 1. The van der Waals surface area contributed by atoms with Crippen molar-refractivity contribution in [3.05, 3.63) is 60.2 Å². The molecule has 1 atom stereocenters. The largest absolute Gasteiger partial charge is 0.449 e. The smallest absolute Gasteiger partial charge is 0.219 e. The van der Waals surface area contributed by atoms with Gasteiger partial charge in [0.05, 0.1) is 0 Å². The lowest BCUT2D eigenvalue weighted by molar-refractivity contribution is -0.119. The molecule has 4 rings (SSSR count). The number of para-hydroxylation sites is 2. The molecular weight excluding hydrogens is 328 g/mol. The van der Waals surface area contributed by atoms with Crippen molar-refractivity contribution in [2.45, 2.75) is 12.5 Å². The molecule has 1 heterocycles. The molecule has 1 unspecified atom stereocenters. The summed E-state index contributed by atoms with van der Waals surface area (Å²) < 4.78 is 12.2. The van der Waals surface area contributed by atoms with Crippen LogP contribution < -0.4 is 15.2 Å². The summed E-state index contributed by atoms with van der Waals surface area (Å²) in [7, 11) is 3.88. The Balaban J connectivity index is 1.92. The lowest BCUT2D eigenvalue weighted by Gasteiger charge is -2.28. The van der Waals surface area contributed by atoms with Gasteiger partial charge in [-0.25, -0.2) is 0 Å². The van der Waals surface area contributed by atoms with Gasteiger partial charge in [-0.15, -0.1) is 0 Å². The summed E-state index contributed by atoms with van der Waals surface area (Å²) in [6, 6.07) is 17.4. The number of ether oxygens (including phenoxy) is 2. The standard InChI is InChI=1S/C21H20N2O3/c1-23(2)16(12-20(22)24)15-11-19-21(14-8-4-3-7-13(14)15)26-18-10-6-5-9-17(18)25-19/h3-11,16H,12H2,1-2H3,(H2,22,24). The van der Waals surface area contributed by atoms with Gasteiger partial charge in [-0.05, 0) is 43.2 Å². The summed E-state index contributed by atoms with van der Waals surface area (Å²) in [4.78, 5) is 13.6. The zero-order chi connectivity index (χ0) is 18.3. The summed E-state index contributed by atoms with van der Waals surface area (Å²) >= 11 is 0. The average molecular weight is 348 g/mol. The zero-order valence-electron chi connectivity index (χ0n) is 14.7. The maximum absolute atomic E-state index is 11.6. The monoisotopic (exact) mass is 348 g/mol. The number of hydrogen-bond acceptors (Lipinski definition) is 4. The van der Waals surface area contributed by atoms with Crippen LogP contribution in [0.3, 0.4) is 0 Å². The Morgan fingerprint density at radius 1 is 0.962 bits per heavy atom. The van der Waals surface area contributed by atoms with Crippen LogP contribution in [0, 0.1) is 0 Å². The fourth-order valence-electron chi connectivity index (χ4n) is 3.42. The van der Waals surface area contributed by atoms with Crippen LogP contribution in [-0.2, 0) is 4.79 Å². The van der Waals surface area contributed by atoms with E-state index in [1.54, 1.807) is 0 Å². The molecule has 0 radical (unpaired) electrons. The molecule has 0 aromatic heterocycles. The summed E-state index contributed by atoms with van der Waals surface area (Å²) in [6.45, 7) is 0. The van der Waals surface area contributed by atoms with Crippen molar-refractivity contribution in [2.24, 2.45) is 5.73 Å². The lowest BCUT2D eigenvalue weighted by Crippen LogP contribution is -2.26. The van der Waals surface area contributed by atoms with Crippen LogP contribution in [0.25, 0.3) is 10.8 Å². The SMILES string of the molecule is CN(C)C(CC(N)=O)c1cc2c(c3ccccc13)Oc1ccccc1O2. The summed E-state index contributed by atoms with van der Waals surface area (Å²) in [5.74, 6) is 2.37. The highest BCUT2D eigenvalue weighted by atomic mass is 16.6. The predicted octanol–water partition coefficient (Wildman–Crippen LogP) is 4.22. The Bertz CT molecular complexity index is 998. The Labute approximate surface area is 151 Å². The van der Waals surface area contributed by atoms with E-state index >= 15 is 0 Å². The van der Waals surface area contributed by atoms with Gasteiger partial charge < -0.3 is 20.1 Å². The van der Waals surface area contributed by atoms with Crippen molar-refractivity contribution in [1.82, 2.24) is 4.90 Å². The van der Waals surface area contributed by atoms with Crippen molar-refractivity contribution in [2.75, 3.05) is 14.1 Å². The van der Waals surface area contributed by atoms with Crippen LogP contribution in [0.5, 0.6) is 23.0 Å². The molecule has 3 aromatic rings. The van der Waals surface area contributed by atoms with Gasteiger partial charge in [-0.1, -0.05) is 36.4 Å². The van der Waals surface area contributed by atoms with Crippen LogP contribution in [0.2, 0.25) is 0 Å². The van der Waals surface area contributed by atoms with E-state index in [4.69, 9.17) is 15.2 Å². The molecule has 0 saturated heterocycles. The molecule has 1 amide bonds. The topological polar surface area (TPSA) is 64.8 Å². The highest BCUT2D eigenvalue weighted by molar-refractivity contribution is 5.95. The molecule has 1 aliphatic rings. The summed E-state index contributed by atoms with van der Waals surface area (Å²) in [5, 5.41) is 1.97. The fraction of sp³-hybridized carbons (Fsp3) is 0.190. The molecule has 2 N–H and O–H groups in total. The minimum absolute atomic E-state index is 0.150. The number of fused-ring (bicyclic) bond motifs is 4. The van der Waals surface area contributed by atoms with Crippen LogP contribution >= 0.6 is 0 Å². The number of nitrogens with zero attached hydrogens (tertiary/aromatic N) is 1. The number of rotatable bonds is 4. The van der Waals surface area contributed by atoms with Gasteiger partial charge in [0.1, 0.15) is 0 Å². The van der Waals surface area contributed by atoms with E-state index < -0.39 is 0 Å². The highest BCUT2D eigenvalue weighted by Gasteiger charge is 2.26. The first-order valence-electron chi connectivity index (χ1n) is 8.49. The van der Waals surface area contributed by atoms with Crippen molar-refractivity contribution in [1.29, 1.82) is 0 Å². The van der Waals surface area contributed by atoms with E-state index in [9.17, 15) is 4.79 Å². The molecule has 26 heavy (non-hydrogen) atoms. The van der Waals surface area contributed by atoms with Crippen molar-refractivity contribution < 1.29 is 14.3 Å². The van der Waals surface area contributed by atoms with Crippen molar-refractivity contribution in [3.8, 4) is 23.0 Å². The molecule has 0 spiro atoms.